The molecule has 7 heteroatoms. The molecule has 4 rings (SSSR count). The van der Waals surface area contributed by atoms with E-state index in [0.717, 1.165) is 11.1 Å². The van der Waals surface area contributed by atoms with Crippen molar-refractivity contribution in [2.24, 2.45) is 5.10 Å². The molecule has 0 saturated heterocycles. The zero-order valence-corrected chi connectivity index (χ0v) is 20.7. The number of nitrogens with one attached hydrogen (secondary N) is 1. The quantitative estimate of drug-likeness (QED) is 0.0987. The number of amides is 1. The van der Waals surface area contributed by atoms with Crippen molar-refractivity contribution in [3.05, 3.63) is 131 Å². The van der Waals surface area contributed by atoms with Gasteiger partial charge in [0.05, 0.1) is 13.3 Å². The van der Waals surface area contributed by atoms with E-state index in [2.05, 4.69) is 10.5 Å². The highest BCUT2D eigenvalue weighted by Crippen LogP contribution is 2.28. The number of rotatable bonds is 10. The van der Waals surface area contributed by atoms with E-state index in [9.17, 15) is 9.59 Å². The molecular weight excluding hydrogens is 480 g/mol. The largest absolute Gasteiger partial charge is 0.493 e. The third kappa shape index (κ3) is 7.66. The number of nitrogens with zero attached hydrogens (tertiary/aromatic N) is 1. The first-order valence-corrected chi connectivity index (χ1v) is 11.8. The van der Waals surface area contributed by atoms with Crippen LogP contribution in [-0.4, -0.2) is 25.2 Å². The lowest BCUT2D eigenvalue weighted by Crippen LogP contribution is -2.17. The normalized spacial score (nSPS) is 10.9. The number of esters is 1. The van der Waals surface area contributed by atoms with Gasteiger partial charge in [-0.1, -0.05) is 60.7 Å². The third-order valence-corrected chi connectivity index (χ3v) is 5.35. The summed E-state index contributed by atoms with van der Waals surface area (Å²) < 4.78 is 16.5. The maximum absolute atomic E-state index is 12.4. The summed E-state index contributed by atoms with van der Waals surface area (Å²) >= 11 is 0. The molecule has 0 atom stereocenters. The molecule has 0 bridgehead atoms. The SMILES string of the molecule is COc1cc(/C=N/NC(=O)c2ccc(OCc3ccccc3)cc2)ccc1OC(=O)/C=C/c1ccccc1. The average Bonchev–Trinajstić information content (AvgIpc) is 2.97. The lowest BCUT2D eigenvalue weighted by Gasteiger charge is -2.08. The van der Waals surface area contributed by atoms with Gasteiger partial charge in [-0.05, 0) is 65.2 Å². The molecule has 0 aliphatic carbocycles. The number of benzene rings is 4. The van der Waals surface area contributed by atoms with Crippen LogP contribution in [0.4, 0.5) is 0 Å². The van der Waals surface area contributed by atoms with E-state index in [1.165, 1.54) is 19.4 Å². The standard InChI is InChI=1S/C31H26N2O5/c1-36-29-20-25(12-18-28(29)38-30(34)19-13-23-8-4-2-5-9-23)21-32-33-31(35)26-14-16-27(17-15-26)37-22-24-10-6-3-7-11-24/h2-21H,22H2,1H3,(H,33,35)/b19-13+,32-21+. The van der Waals surface area contributed by atoms with Gasteiger partial charge in [-0.2, -0.15) is 5.10 Å². The maximum atomic E-state index is 12.4. The van der Waals surface area contributed by atoms with E-state index in [1.54, 1.807) is 48.5 Å². The summed E-state index contributed by atoms with van der Waals surface area (Å²) in [6.45, 7) is 0.447. The summed E-state index contributed by atoms with van der Waals surface area (Å²) in [5.41, 5.74) is 5.53. The molecule has 38 heavy (non-hydrogen) atoms. The first-order valence-electron chi connectivity index (χ1n) is 11.8. The Balaban J connectivity index is 1.29. The molecule has 7 nitrogen and oxygen atoms in total. The summed E-state index contributed by atoms with van der Waals surface area (Å²) in [6, 6.07) is 31.0. The molecule has 1 N–H and O–H groups in total. The minimum Gasteiger partial charge on any atom is -0.493 e. The predicted octanol–water partition coefficient (Wildman–Crippen LogP) is 5.66. The maximum Gasteiger partial charge on any atom is 0.336 e. The fourth-order valence-electron chi connectivity index (χ4n) is 3.39. The van der Waals surface area contributed by atoms with Crippen molar-refractivity contribution in [2.45, 2.75) is 6.61 Å². The van der Waals surface area contributed by atoms with E-state index in [0.29, 0.717) is 29.2 Å². The zero-order valence-electron chi connectivity index (χ0n) is 20.7. The highest BCUT2D eigenvalue weighted by atomic mass is 16.6. The first-order chi connectivity index (χ1) is 18.6. The van der Waals surface area contributed by atoms with Crippen molar-refractivity contribution in [2.75, 3.05) is 7.11 Å². The van der Waals surface area contributed by atoms with Gasteiger partial charge in [-0.25, -0.2) is 10.2 Å². The van der Waals surface area contributed by atoms with Crippen LogP contribution in [0, 0.1) is 0 Å². The van der Waals surface area contributed by atoms with E-state index in [-0.39, 0.29) is 11.7 Å². The summed E-state index contributed by atoms with van der Waals surface area (Å²) in [5, 5.41) is 4.02. The highest BCUT2D eigenvalue weighted by Gasteiger charge is 2.09. The third-order valence-electron chi connectivity index (χ3n) is 5.35. The van der Waals surface area contributed by atoms with Gasteiger partial charge in [0.2, 0.25) is 0 Å². The molecule has 0 unspecified atom stereocenters. The van der Waals surface area contributed by atoms with E-state index < -0.39 is 5.97 Å². The smallest absolute Gasteiger partial charge is 0.336 e. The van der Waals surface area contributed by atoms with Crippen LogP contribution in [0.25, 0.3) is 6.08 Å². The number of ether oxygens (including phenoxy) is 3. The Bertz CT molecular complexity index is 1420. The van der Waals surface area contributed by atoms with Crippen LogP contribution < -0.4 is 19.6 Å². The number of carbonyl (C=O) groups excluding carboxylic acids is 2. The van der Waals surface area contributed by atoms with Crippen LogP contribution in [0.5, 0.6) is 17.2 Å². The number of hydrazone groups is 1. The molecule has 0 radical (unpaired) electrons. The van der Waals surface area contributed by atoms with Crippen LogP contribution in [0.1, 0.15) is 27.0 Å². The van der Waals surface area contributed by atoms with Crippen LogP contribution in [0.2, 0.25) is 0 Å². The first kappa shape index (κ1) is 25.9. The molecule has 0 aliphatic rings. The second kappa shape index (κ2) is 13.2. The Kier molecular flexibility index (Phi) is 9.02. The zero-order chi connectivity index (χ0) is 26.6. The van der Waals surface area contributed by atoms with Crippen molar-refractivity contribution in [3.63, 3.8) is 0 Å². The van der Waals surface area contributed by atoms with Gasteiger partial charge in [0, 0.05) is 11.6 Å². The van der Waals surface area contributed by atoms with Crippen molar-refractivity contribution >= 4 is 24.2 Å². The topological polar surface area (TPSA) is 86.2 Å². The van der Waals surface area contributed by atoms with Gasteiger partial charge in [-0.3, -0.25) is 4.79 Å². The van der Waals surface area contributed by atoms with Crippen LogP contribution in [0.15, 0.2) is 114 Å². The molecule has 0 spiro atoms. The minimum absolute atomic E-state index is 0.269. The number of carbonyl (C=O) groups is 2. The monoisotopic (exact) mass is 506 g/mol. The molecule has 0 fully saturated rings. The van der Waals surface area contributed by atoms with Crippen LogP contribution in [-0.2, 0) is 11.4 Å². The van der Waals surface area contributed by atoms with Crippen molar-refractivity contribution in [3.8, 4) is 17.2 Å². The number of methoxy groups -OCH3 is 1. The molecule has 190 valence electrons. The lowest BCUT2D eigenvalue weighted by molar-refractivity contribution is -0.129. The predicted molar refractivity (Wildman–Crippen MR) is 146 cm³/mol. The van der Waals surface area contributed by atoms with Crippen molar-refractivity contribution in [1.82, 2.24) is 5.43 Å². The molecule has 0 heterocycles. The molecular formula is C31H26N2O5. The van der Waals surface area contributed by atoms with Gasteiger partial charge in [0.15, 0.2) is 11.5 Å². The van der Waals surface area contributed by atoms with Gasteiger partial charge in [-0.15, -0.1) is 0 Å². The Morgan fingerprint density at radius 1 is 0.816 bits per heavy atom. The Hall–Kier alpha value is -5.17. The second-order valence-corrected chi connectivity index (χ2v) is 8.07. The number of hydrogen-bond acceptors (Lipinski definition) is 6. The van der Waals surface area contributed by atoms with Crippen LogP contribution >= 0.6 is 0 Å². The average molecular weight is 507 g/mol. The molecule has 4 aromatic carbocycles. The highest BCUT2D eigenvalue weighted by molar-refractivity contribution is 5.95. The Labute approximate surface area is 221 Å². The van der Waals surface area contributed by atoms with E-state index >= 15 is 0 Å². The van der Waals surface area contributed by atoms with E-state index in [1.807, 2.05) is 60.7 Å². The van der Waals surface area contributed by atoms with Gasteiger partial charge in [0.25, 0.3) is 5.91 Å². The fourth-order valence-corrected chi connectivity index (χ4v) is 3.39. The molecule has 4 aromatic rings. The molecule has 1 amide bonds. The summed E-state index contributed by atoms with van der Waals surface area (Å²) in [5.74, 6) is 0.395. The van der Waals surface area contributed by atoms with Gasteiger partial charge in [0.1, 0.15) is 12.4 Å². The fraction of sp³-hybridized carbons (Fsp3) is 0.0645. The molecule has 0 aromatic heterocycles. The second-order valence-electron chi connectivity index (χ2n) is 8.07. The summed E-state index contributed by atoms with van der Waals surface area (Å²) in [6.07, 6.45) is 4.49. The molecule has 0 aliphatic heterocycles. The van der Waals surface area contributed by atoms with E-state index in [4.69, 9.17) is 14.2 Å². The van der Waals surface area contributed by atoms with Crippen molar-refractivity contribution < 1.29 is 23.8 Å². The summed E-state index contributed by atoms with van der Waals surface area (Å²) in [7, 11) is 1.47. The summed E-state index contributed by atoms with van der Waals surface area (Å²) in [4.78, 5) is 24.6. The lowest BCUT2D eigenvalue weighted by atomic mass is 10.2. The number of hydrogen-bond donors (Lipinski definition) is 1. The molecule has 0 saturated carbocycles. The van der Waals surface area contributed by atoms with Crippen molar-refractivity contribution in [1.29, 1.82) is 0 Å². The minimum atomic E-state index is -0.530. The van der Waals surface area contributed by atoms with Gasteiger partial charge >= 0.3 is 5.97 Å². The Morgan fingerprint density at radius 3 is 2.24 bits per heavy atom. The van der Waals surface area contributed by atoms with Gasteiger partial charge < -0.3 is 14.2 Å². The Morgan fingerprint density at radius 2 is 1.53 bits per heavy atom. The van der Waals surface area contributed by atoms with Crippen LogP contribution in [0.3, 0.4) is 0 Å².